The molecule has 4 N–H and O–H groups in total. The molecule has 144 valence electrons. The predicted molar refractivity (Wildman–Crippen MR) is 101 cm³/mol. The van der Waals surface area contributed by atoms with Crippen LogP contribution in [0.5, 0.6) is 0 Å². The molecule has 2 heterocycles. The lowest BCUT2D eigenvalue weighted by Gasteiger charge is -2.15. The summed E-state index contributed by atoms with van der Waals surface area (Å²) < 4.78 is 5.08. The standard InChI is InChI=1S/C20H20N4O4/c1-28-11-15-10-16(24-18(23-15)17(21)26)14-4-2-3-13(9-14)5-6-20(12-25)7-8-22-19(20)27/h2-4,9-10,25H,7-8,11-12H2,1H3,(H2,21,26)(H,22,27)/t20-/m0/s1. The Hall–Kier alpha value is -3.28. The molecule has 1 atom stereocenters. The van der Waals surface area contributed by atoms with E-state index < -0.39 is 11.3 Å². The molecule has 0 radical (unpaired) electrons. The zero-order chi connectivity index (χ0) is 20.1. The van der Waals surface area contributed by atoms with Gasteiger partial charge in [0.2, 0.25) is 11.7 Å². The fraction of sp³-hybridized carbons (Fsp3) is 0.300. The first-order valence-electron chi connectivity index (χ1n) is 8.67. The highest BCUT2D eigenvalue weighted by molar-refractivity contribution is 5.89. The van der Waals surface area contributed by atoms with Gasteiger partial charge in [-0.3, -0.25) is 9.59 Å². The lowest BCUT2D eigenvalue weighted by Crippen LogP contribution is -2.33. The van der Waals surface area contributed by atoms with Crippen LogP contribution in [0.15, 0.2) is 30.3 Å². The summed E-state index contributed by atoms with van der Waals surface area (Å²) in [7, 11) is 1.53. The number of carbonyl (C=O) groups excluding carboxylic acids is 2. The van der Waals surface area contributed by atoms with Gasteiger partial charge >= 0.3 is 0 Å². The average Bonchev–Trinajstić information content (AvgIpc) is 3.07. The molecule has 1 fully saturated rings. The number of methoxy groups -OCH3 is 1. The summed E-state index contributed by atoms with van der Waals surface area (Å²) >= 11 is 0. The summed E-state index contributed by atoms with van der Waals surface area (Å²) in [5, 5.41) is 12.3. The third kappa shape index (κ3) is 4.01. The molecule has 0 unspecified atom stereocenters. The lowest BCUT2D eigenvalue weighted by molar-refractivity contribution is -0.126. The van der Waals surface area contributed by atoms with E-state index in [-0.39, 0.29) is 24.9 Å². The number of ether oxygens (including phenoxy) is 1. The van der Waals surface area contributed by atoms with Gasteiger partial charge in [-0.1, -0.05) is 24.0 Å². The largest absolute Gasteiger partial charge is 0.394 e. The van der Waals surface area contributed by atoms with Crippen molar-refractivity contribution in [1.82, 2.24) is 15.3 Å². The van der Waals surface area contributed by atoms with Crippen molar-refractivity contribution < 1.29 is 19.4 Å². The molecule has 1 aromatic carbocycles. The van der Waals surface area contributed by atoms with E-state index in [0.29, 0.717) is 35.5 Å². The van der Waals surface area contributed by atoms with Gasteiger partial charge in [-0.15, -0.1) is 0 Å². The van der Waals surface area contributed by atoms with Gasteiger partial charge in [-0.2, -0.15) is 0 Å². The fourth-order valence-corrected chi connectivity index (χ4v) is 2.91. The molecular formula is C20H20N4O4. The second kappa shape index (κ2) is 8.17. The molecular weight excluding hydrogens is 360 g/mol. The molecule has 1 saturated heterocycles. The number of aromatic nitrogens is 2. The summed E-state index contributed by atoms with van der Waals surface area (Å²) in [4.78, 5) is 31.8. The zero-order valence-corrected chi connectivity index (χ0v) is 15.4. The highest BCUT2D eigenvalue weighted by Crippen LogP contribution is 2.25. The highest BCUT2D eigenvalue weighted by Gasteiger charge is 2.40. The predicted octanol–water partition coefficient (Wildman–Crippen LogP) is 0.239. The zero-order valence-electron chi connectivity index (χ0n) is 15.4. The van der Waals surface area contributed by atoms with Gasteiger partial charge in [0.25, 0.3) is 5.91 Å². The van der Waals surface area contributed by atoms with Crippen LogP contribution in [0, 0.1) is 17.3 Å². The summed E-state index contributed by atoms with van der Waals surface area (Å²) in [6.07, 6.45) is 0.462. The van der Waals surface area contributed by atoms with Gasteiger partial charge < -0.3 is 20.9 Å². The number of nitrogens with one attached hydrogen (secondary N) is 1. The van der Waals surface area contributed by atoms with Crippen LogP contribution in [-0.4, -0.2) is 47.2 Å². The fourth-order valence-electron chi connectivity index (χ4n) is 2.91. The van der Waals surface area contributed by atoms with E-state index in [2.05, 4.69) is 27.1 Å². The SMILES string of the molecule is COCc1cc(-c2cccc(C#C[C@@]3(CO)CCNC3=O)c2)nc(C(N)=O)n1. The molecule has 0 aliphatic carbocycles. The number of primary amides is 1. The van der Waals surface area contributed by atoms with Crippen LogP contribution >= 0.6 is 0 Å². The average molecular weight is 380 g/mol. The quantitative estimate of drug-likeness (QED) is 0.638. The smallest absolute Gasteiger partial charge is 0.286 e. The van der Waals surface area contributed by atoms with Gasteiger partial charge in [-0.05, 0) is 24.6 Å². The highest BCUT2D eigenvalue weighted by atomic mass is 16.5. The van der Waals surface area contributed by atoms with E-state index in [1.807, 2.05) is 6.07 Å². The van der Waals surface area contributed by atoms with E-state index in [0.717, 1.165) is 0 Å². The second-order valence-electron chi connectivity index (χ2n) is 6.44. The number of carbonyl (C=O) groups is 2. The maximum absolute atomic E-state index is 12.0. The van der Waals surface area contributed by atoms with Crippen LogP contribution in [0.1, 0.15) is 28.3 Å². The Morgan fingerprint density at radius 3 is 2.86 bits per heavy atom. The number of nitrogens with zero attached hydrogens (tertiary/aromatic N) is 2. The van der Waals surface area contributed by atoms with Crippen molar-refractivity contribution >= 4 is 11.8 Å². The monoisotopic (exact) mass is 380 g/mol. The number of aliphatic hydroxyl groups is 1. The van der Waals surface area contributed by atoms with Crippen molar-refractivity contribution in [2.45, 2.75) is 13.0 Å². The van der Waals surface area contributed by atoms with Crippen molar-refractivity contribution in [3.63, 3.8) is 0 Å². The number of hydrogen-bond acceptors (Lipinski definition) is 6. The third-order valence-electron chi connectivity index (χ3n) is 4.44. The van der Waals surface area contributed by atoms with Crippen molar-refractivity contribution in [1.29, 1.82) is 0 Å². The summed E-state index contributed by atoms with van der Waals surface area (Å²) in [5.74, 6) is 4.79. The van der Waals surface area contributed by atoms with Crippen molar-refractivity contribution in [2.24, 2.45) is 11.1 Å². The van der Waals surface area contributed by atoms with Crippen LogP contribution in [-0.2, 0) is 16.1 Å². The van der Waals surface area contributed by atoms with E-state index in [1.165, 1.54) is 7.11 Å². The number of rotatable bonds is 5. The molecule has 2 aromatic rings. The Kier molecular flexibility index (Phi) is 5.68. The Morgan fingerprint density at radius 2 is 2.21 bits per heavy atom. The number of nitrogens with two attached hydrogens (primary N) is 1. The lowest BCUT2D eigenvalue weighted by atomic mass is 9.88. The van der Waals surface area contributed by atoms with Crippen molar-refractivity contribution in [2.75, 3.05) is 20.3 Å². The Morgan fingerprint density at radius 1 is 1.39 bits per heavy atom. The minimum Gasteiger partial charge on any atom is -0.394 e. The molecule has 8 heteroatoms. The van der Waals surface area contributed by atoms with Gasteiger partial charge in [0, 0.05) is 24.8 Å². The number of benzene rings is 1. The summed E-state index contributed by atoms with van der Waals surface area (Å²) in [5.41, 5.74) is 6.65. The number of hydrogen-bond donors (Lipinski definition) is 3. The molecule has 3 rings (SSSR count). The molecule has 1 aliphatic rings. The Labute approximate surface area is 162 Å². The molecule has 1 aliphatic heterocycles. The van der Waals surface area contributed by atoms with Crippen LogP contribution in [0.3, 0.4) is 0 Å². The Balaban J connectivity index is 1.98. The third-order valence-corrected chi connectivity index (χ3v) is 4.44. The van der Waals surface area contributed by atoms with Gasteiger partial charge in [0.1, 0.15) is 5.41 Å². The molecule has 8 nitrogen and oxygen atoms in total. The van der Waals surface area contributed by atoms with Gasteiger partial charge in [-0.25, -0.2) is 9.97 Å². The van der Waals surface area contributed by atoms with Crippen molar-refractivity contribution in [3.8, 4) is 23.1 Å². The number of aliphatic hydroxyl groups excluding tert-OH is 1. The van der Waals surface area contributed by atoms with Crippen LogP contribution in [0.25, 0.3) is 11.3 Å². The maximum atomic E-state index is 12.0. The first kappa shape index (κ1) is 19.5. The molecule has 0 bridgehead atoms. The minimum absolute atomic E-state index is 0.0945. The van der Waals surface area contributed by atoms with Crippen molar-refractivity contribution in [3.05, 3.63) is 47.4 Å². The van der Waals surface area contributed by atoms with Gasteiger partial charge in [0.15, 0.2) is 0 Å². The summed E-state index contributed by atoms with van der Waals surface area (Å²) in [6.45, 7) is 0.371. The minimum atomic E-state index is -1.07. The van der Waals surface area contributed by atoms with Crippen LogP contribution < -0.4 is 11.1 Å². The Bertz CT molecular complexity index is 980. The molecule has 1 aromatic heterocycles. The van der Waals surface area contributed by atoms with E-state index in [4.69, 9.17) is 10.5 Å². The molecule has 28 heavy (non-hydrogen) atoms. The molecule has 0 saturated carbocycles. The molecule has 0 spiro atoms. The second-order valence-corrected chi connectivity index (χ2v) is 6.44. The van der Waals surface area contributed by atoms with E-state index in [1.54, 1.807) is 24.3 Å². The maximum Gasteiger partial charge on any atom is 0.286 e. The van der Waals surface area contributed by atoms with E-state index in [9.17, 15) is 14.7 Å². The summed E-state index contributed by atoms with van der Waals surface area (Å²) in [6, 6.07) is 8.90. The van der Waals surface area contributed by atoms with Crippen LogP contribution in [0.4, 0.5) is 0 Å². The van der Waals surface area contributed by atoms with Gasteiger partial charge in [0.05, 0.1) is 24.6 Å². The van der Waals surface area contributed by atoms with E-state index >= 15 is 0 Å². The normalized spacial score (nSPS) is 18.3. The first-order valence-corrected chi connectivity index (χ1v) is 8.67. The molecule has 2 amide bonds. The first-order chi connectivity index (χ1) is 13.5. The topological polar surface area (TPSA) is 127 Å². The van der Waals surface area contributed by atoms with Crippen LogP contribution in [0.2, 0.25) is 0 Å². The number of amides is 2.